The maximum atomic E-state index is 13.0. The van der Waals surface area contributed by atoms with E-state index >= 15 is 0 Å². The van der Waals surface area contributed by atoms with E-state index in [9.17, 15) is 9.18 Å². The number of esters is 1. The third kappa shape index (κ3) is 3.16. The number of alkyl halides is 1. The van der Waals surface area contributed by atoms with E-state index in [-0.39, 0.29) is 0 Å². The van der Waals surface area contributed by atoms with E-state index in [1.165, 1.54) is 0 Å². The summed E-state index contributed by atoms with van der Waals surface area (Å²) in [6.07, 6.45) is -0.666. The normalized spacial score (nSPS) is 13.8. The summed E-state index contributed by atoms with van der Waals surface area (Å²) in [7, 11) is 0. The van der Waals surface area contributed by atoms with Gasteiger partial charge in [-0.25, -0.2) is 9.18 Å². The van der Waals surface area contributed by atoms with Crippen LogP contribution in [0.3, 0.4) is 0 Å². The molecule has 0 aliphatic carbocycles. The highest BCUT2D eigenvalue weighted by Gasteiger charge is 2.32. The maximum absolute atomic E-state index is 13.0. The zero-order chi connectivity index (χ0) is 9.07. The van der Waals surface area contributed by atoms with Gasteiger partial charge in [0.2, 0.25) is 6.17 Å². The second-order valence-electron chi connectivity index (χ2n) is 3.33. The van der Waals surface area contributed by atoms with E-state index in [1.807, 2.05) is 0 Å². The summed E-state index contributed by atoms with van der Waals surface area (Å²) < 4.78 is 17.2. The van der Waals surface area contributed by atoms with Crippen LogP contribution < -0.4 is 0 Å². The first kappa shape index (κ1) is 10.1. The van der Waals surface area contributed by atoms with Gasteiger partial charge in [0.15, 0.2) is 0 Å². The van der Waals surface area contributed by atoms with Crippen molar-refractivity contribution in [2.75, 3.05) is 0 Å². The summed E-state index contributed by atoms with van der Waals surface area (Å²) in [5, 5.41) is 0. The molecule has 0 fully saturated rings. The average Bonchev–Trinajstić information content (AvgIpc) is 1.85. The fraction of sp³-hybridized carbons (Fsp3) is 0.625. The molecule has 1 unspecified atom stereocenters. The van der Waals surface area contributed by atoms with Gasteiger partial charge in [0.1, 0.15) is 0 Å². The lowest BCUT2D eigenvalue weighted by Gasteiger charge is -2.20. The topological polar surface area (TPSA) is 26.3 Å². The third-order valence-corrected chi connectivity index (χ3v) is 1.17. The van der Waals surface area contributed by atoms with Crippen molar-refractivity contribution >= 4 is 5.97 Å². The predicted octanol–water partition coefficient (Wildman–Crippen LogP) is 2.06. The van der Waals surface area contributed by atoms with E-state index < -0.39 is 17.6 Å². The monoisotopic (exact) mass is 160 g/mol. The molecule has 0 aromatic rings. The van der Waals surface area contributed by atoms with E-state index in [0.717, 1.165) is 6.26 Å². The number of ether oxygens (including phenoxy) is 1. The molecule has 0 rings (SSSR count). The van der Waals surface area contributed by atoms with Crippen molar-refractivity contribution in [3.05, 3.63) is 12.8 Å². The average molecular weight is 160 g/mol. The van der Waals surface area contributed by atoms with Crippen molar-refractivity contribution in [2.45, 2.75) is 26.9 Å². The van der Waals surface area contributed by atoms with Crippen molar-refractivity contribution < 1.29 is 13.9 Å². The number of halogens is 1. The van der Waals surface area contributed by atoms with Crippen LogP contribution in [-0.2, 0) is 9.53 Å². The summed E-state index contributed by atoms with van der Waals surface area (Å²) in [6, 6.07) is 0. The largest absolute Gasteiger partial charge is 0.433 e. The Balaban J connectivity index is 4.13. The number of carbonyl (C=O) groups is 1. The molecule has 0 N–H and O–H groups in total. The van der Waals surface area contributed by atoms with Gasteiger partial charge in [0.05, 0.1) is 6.26 Å². The van der Waals surface area contributed by atoms with Crippen molar-refractivity contribution in [3.63, 3.8) is 0 Å². The lowest BCUT2D eigenvalue weighted by Crippen LogP contribution is -2.30. The zero-order valence-electron chi connectivity index (χ0n) is 7.06. The number of hydrogen-bond donors (Lipinski definition) is 0. The first-order valence-corrected chi connectivity index (χ1v) is 3.35. The molecule has 0 aliphatic heterocycles. The van der Waals surface area contributed by atoms with Crippen LogP contribution in [0.5, 0.6) is 0 Å². The van der Waals surface area contributed by atoms with E-state index in [1.54, 1.807) is 20.8 Å². The second kappa shape index (κ2) is 3.51. The molecule has 0 saturated heterocycles. The first-order valence-electron chi connectivity index (χ1n) is 3.35. The van der Waals surface area contributed by atoms with E-state index in [2.05, 4.69) is 11.3 Å². The number of rotatable bonds is 2. The molecule has 0 bridgehead atoms. The maximum Gasteiger partial charge on any atom is 0.346 e. The Labute approximate surface area is 66.0 Å². The number of carbonyl (C=O) groups excluding carboxylic acids is 1. The molecule has 1 atom stereocenters. The highest BCUT2D eigenvalue weighted by molar-refractivity contribution is 5.75. The number of hydrogen-bond acceptors (Lipinski definition) is 2. The Kier molecular flexibility index (Phi) is 3.23. The first-order chi connectivity index (χ1) is 4.89. The van der Waals surface area contributed by atoms with Gasteiger partial charge < -0.3 is 4.74 Å². The predicted molar refractivity (Wildman–Crippen MR) is 40.6 cm³/mol. The minimum atomic E-state index is -1.60. The lowest BCUT2D eigenvalue weighted by molar-refractivity contribution is -0.147. The third-order valence-electron chi connectivity index (χ3n) is 1.17. The van der Waals surface area contributed by atoms with Gasteiger partial charge in [-0.05, 0) is 0 Å². The highest BCUT2D eigenvalue weighted by Crippen LogP contribution is 2.23. The van der Waals surface area contributed by atoms with Crippen LogP contribution >= 0.6 is 0 Å². The standard InChI is InChI=1S/C8H13FO2/c1-5-11-7(10)6(9)8(2,3)4/h5-6H,1H2,2-4H3. The van der Waals surface area contributed by atoms with Crippen LogP contribution in [0, 0.1) is 5.41 Å². The molecule has 0 amide bonds. The minimum absolute atomic E-state index is 0.708. The summed E-state index contributed by atoms with van der Waals surface area (Å²) in [4.78, 5) is 10.7. The van der Waals surface area contributed by atoms with Crippen molar-refractivity contribution in [1.82, 2.24) is 0 Å². The Morgan fingerprint density at radius 2 is 2.09 bits per heavy atom. The smallest absolute Gasteiger partial charge is 0.346 e. The summed E-state index contributed by atoms with van der Waals surface area (Å²) in [5.41, 5.74) is -0.708. The van der Waals surface area contributed by atoms with Gasteiger partial charge in [-0.15, -0.1) is 0 Å². The Morgan fingerprint density at radius 1 is 1.64 bits per heavy atom. The Bertz CT molecular complexity index is 158. The molecule has 0 aliphatic rings. The molecule has 2 nitrogen and oxygen atoms in total. The molecule has 0 heterocycles. The fourth-order valence-corrected chi connectivity index (χ4v) is 0.495. The quantitative estimate of drug-likeness (QED) is 0.456. The van der Waals surface area contributed by atoms with Crippen LogP contribution in [0.2, 0.25) is 0 Å². The van der Waals surface area contributed by atoms with Crippen molar-refractivity contribution in [1.29, 1.82) is 0 Å². The summed E-state index contributed by atoms with van der Waals surface area (Å²) in [6.45, 7) is 8.04. The Hall–Kier alpha value is -0.860. The minimum Gasteiger partial charge on any atom is -0.433 e. The van der Waals surface area contributed by atoms with E-state index in [0.29, 0.717) is 0 Å². The molecule has 0 aromatic heterocycles. The summed E-state index contributed by atoms with van der Waals surface area (Å²) in [5.74, 6) is -0.882. The van der Waals surface area contributed by atoms with Crippen LogP contribution in [0.25, 0.3) is 0 Å². The molecular formula is C8H13FO2. The Morgan fingerprint density at radius 3 is 2.36 bits per heavy atom. The highest BCUT2D eigenvalue weighted by atomic mass is 19.1. The van der Waals surface area contributed by atoms with Crippen LogP contribution in [-0.4, -0.2) is 12.1 Å². The van der Waals surface area contributed by atoms with Crippen LogP contribution in [0.15, 0.2) is 12.8 Å². The molecule has 0 aromatic carbocycles. The lowest BCUT2D eigenvalue weighted by atomic mass is 9.90. The summed E-state index contributed by atoms with van der Waals surface area (Å²) >= 11 is 0. The van der Waals surface area contributed by atoms with Crippen LogP contribution in [0.1, 0.15) is 20.8 Å². The van der Waals surface area contributed by atoms with Gasteiger partial charge in [-0.2, -0.15) is 0 Å². The second-order valence-corrected chi connectivity index (χ2v) is 3.33. The van der Waals surface area contributed by atoms with Crippen molar-refractivity contribution in [3.8, 4) is 0 Å². The van der Waals surface area contributed by atoms with Crippen LogP contribution in [0.4, 0.5) is 4.39 Å². The van der Waals surface area contributed by atoms with Gasteiger partial charge in [0, 0.05) is 5.41 Å². The molecule has 0 spiro atoms. The van der Waals surface area contributed by atoms with E-state index in [4.69, 9.17) is 0 Å². The molecule has 64 valence electrons. The molecular weight excluding hydrogens is 147 g/mol. The SMILES string of the molecule is C=COC(=O)C(F)C(C)(C)C. The van der Waals surface area contributed by atoms with Gasteiger partial charge >= 0.3 is 5.97 Å². The zero-order valence-corrected chi connectivity index (χ0v) is 7.06. The van der Waals surface area contributed by atoms with Gasteiger partial charge in [0.25, 0.3) is 0 Å². The van der Waals surface area contributed by atoms with Gasteiger partial charge in [-0.1, -0.05) is 27.4 Å². The molecule has 0 saturated carbocycles. The molecule has 11 heavy (non-hydrogen) atoms. The molecule has 0 radical (unpaired) electrons. The molecule has 3 heteroatoms. The fourth-order valence-electron chi connectivity index (χ4n) is 0.495. The van der Waals surface area contributed by atoms with Gasteiger partial charge in [-0.3, -0.25) is 0 Å². The van der Waals surface area contributed by atoms with Crippen molar-refractivity contribution in [2.24, 2.45) is 5.41 Å².